The molecule has 0 saturated carbocycles. The van der Waals surface area contributed by atoms with Gasteiger partial charge in [0.1, 0.15) is 12.4 Å². The zero-order valence-corrected chi connectivity index (χ0v) is 17.3. The summed E-state index contributed by atoms with van der Waals surface area (Å²) in [6.45, 7) is 2.53. The van der Waals surface area contributed by atoms with Crippen molar-refractivity contribution in [2.75, 3.05) is 12.4 Å². The Kier molecular flexibility index (Phi) is 6.79. The van der Waals surface area contributed by atoms with E-state index in [1.165, 1.54) is 19.2 Å². The molecule has 0 radical (unpaired) electrons. The number of hydrogen-bond donors (Lipinski definition) is 2. The van der Waals surface area contributed by atoms with Gasteiger partial charge in [0.2, 0.25) is 0 Å². The lowest BCUT2D eigenvalue weighted by Gasteiger charge is -2.15. The van der Waals surface area contributed by atoms with E-state index in [-0.39, 0.29) is 18.0 Å². The molecule has 0 aliphatic heterocycles. The molecule has 3 rings (SSSR count). The van der Waals surface area contributed by atoms with Crippen molar-refractivity contribution < 1.29 is 23.8 Å². The molecule has 0 atom stereocenters. The van der Waals surface area contributed by atoms with Crippen LogP contribution in [0.3, 0.4) is 0 Å². The van der Waals surface area contributed by atoms with E-state index in [0.717, 1.165) is 22.4 Å². The largest absolute Gasteiger partial charge is 0.493 e. The van der Waals surface area contributed by atoms with Gasteiger partial charge >= 0.3 is 5.97 Å². The number of halogens is 2. The number of carbonyl (C=O) groups is 1. The molecule has 156 valence electrons. The molecule has 30 heavy (non-hydrogen) atoms. The molecular weight excluding hydrogens is 409 g/mol. The number of methoxy groups -OCH3 is 1. The number of rotatable bonds is 8. The van der Waals surface area contributed by atoms with Crippen LogP contribution in [-0.4, -0.2) is 18.2 Å². The van der Waals surface area contributed by atoms with Crippen LogP contribution in [-0.2, 0) is 13.2 Å². The fraction of sp³-hybridized carbons (Fsp3) is 0.174. The highest BCUT2D eigenvalue weighted by atomic mass is 35.5. The average Bonchev–Trinajstić information content (AvgIpc) is 2.72. The average molecular weight is 430 g/mol. The summed E-state index contributed by atoms with van der Waals surface area (Å²) in [5, 5.41) is 12.7. The van der Waals surface area contributed by atoms with Gasteiger partial charge in [0, 0.05) is 12.2 Å². The quantitative estimate of drug-likeness (QED) is 0.481. The molecule has 3 aromatic carbocycles. The van der Waals surface area contributed by atoms with Gasteiger partial charge in [-0.05, 0) is 66.1 Å². The number of hydrogen-bond acceptors (Lipinski definition) is 4. The maximum Gasteiger partial charge on any atom is 0.335 e. The smallest absolute Gasteiger partial charge is 0.335 e. The van der Waals surface area contributed by atoms with Crippen molar-refractivity contribution in [1.82, 2.24) is 0 Å². The van der Waals surface area contributed by atoms with E-state index in [1.54, 1.807) is 36.4 Å². The Hall–Kier alpha value is -3.25. The summed E-state index contributed by atoms with van der Waals surface area (Å²) in [4.78, 5) is 11.1. The first-order valence-corrected chi connectivity index (χ1v) is 9.56. The van der Waals surface area contributed by atoms with Gasteiger partial charge in [0.25, 0.3) is 0 Å². The highest BCUT2D eigenvalue weighted by Gasteiger charge is 2.13. The zero-order valence-electron chi connectivity index (χ0n) is 16.5. The number of aromatic carboxylic acids is 1. The van der Waals surface area contributed by atoms with Crippen molar-refractivity contribution >= 4 is 23.3 Å². The minimum atomic E-state index is -0.961. The first-order chi connectivity index (χ1) is 14.4. The van der Waals surface area contributed by atoms with Crippen LogP contribution < -0.4 is 14.8 Å². The Labute approximate surface area is 179 Å². The van der Waals surface area contributed by atoms with Crippen molar-refractivity contribution in [3.63, 3.8) is 0 Å². The van der Waals surface area contributed by atoms with Gasteiger partial charge in [0.15, 0.2) is 11.5 Å². The maximum atomic E-state index is 13.0. The van der Waals surface area contributed by atoms with Gasteiger partial charge in [-0.2, -0.15) is 0 Å². The van der Waals surface area contributed by atoms with Crippen molar-refractivity contribution in [1.29, 1.82) is 0 Å². The number of carboxylic acids is 1. The highest BCUT2D eigenvalue weighted by Crippen LogP contribution is 2.37. The lowest BCUT2D eigenvalue weighted by molar-refractivity contribution is 0.0697. The number of carboxylic acid groups (broad SMARTS) is 1. The Balaban J connectivity index is 1.71. The number of nitrogens with one attached hydrogen (secondary N) is 1. The molecular formula is C23H21ClFNO4. The van der Waals surface area contributed by atoms with Gasteiger partial charge in [-0.15, -0.1) is 0 Å². The summed E-state index contributed by atoms with van der Waals surface area (Å²) in [6.07, 6.45) is 0. The standard InChI is InChI=1S/C23H21ClFNO4/c1-14-9-17(23(27)28)5-8-20(14)26-12-16-10-19(24)22(21(11-16)29-2)30-13-15-3-6-18(25)7-4-15/h3-11,26H,12-13H2,1-2H3,(H,27,28). The van der Waals surface area contributed by atoms with Crippen LogP contribution in [0.5, 0.6) is 11.5 Å². The molecule has 0 aromatic heterocycles. The molecule has 7 heteroatoms. The van der Waals surface area contributed by atoms with Gasteiger partial charge in [-0.1, -0.05) is 23.7 Å². The van der Waals surface area contributed by atoms with Crippen LogP contribution in [0.25, 0.3) is 0 Å². The minimum Gasteiger partial charge on any atom is -0.493 e. The van der Waals surface area contributed by atoms with Crippen LogP contribution in [0, 0.1) is 12.7 Å². The van der Waals surface area contributed by atoms with Gasteiger partial charge in [-0.25, -0.2) is 9.18 Å². The Morgan fingerprint density at radius 1 is 1.10 bits per heavy atom. The monoisotopic (exact) mass is 429 g/mol. The number of ether oxygens (including phenoxy) is 2. The van der Waals surface area contributed by atoms with Crippen LogP contribution in [0.1, 0.15) is 27.0 Å². The molecule has 2 N–H and O–H groups in total. The predicted molar refractivity (Wildman–Crippen MR) is 114 cm³/mol. The molecule has 0 unspecified atom stereocenters. The minimum absolute atomic E-state index is 0.225. The van der Waals surface area contributed by atoms with Gasteiger partial charge in [0.05, 0.1) is 17.7 Å². The molecule has 3 aromatic rings. The van der Waals surface area contributed by atoms with Crippen LogP contribution in [0.15, 0.2) is 54.6 Å². The maximum absolute atomic E-state index is 13.0. The van der Waals surface area contributed by atoms with Crippen LogP contribution in [0.4, 0.5) is 10.1 Å². The van der Waals surface area contributed by atoms with Gasteiger partial charge in [-0.3, -0.25) is 0 Å². The van der Waals surface area contributed by atoms with Crippen molar-refractivity contribution in [3.05, 3.63) is 87.7 Å². The SMILES string of the molecule is COc1cc(CNc2ccc(C(=O)O)cc2C)cc(Cl)c1OCc1ccc(F)cc1. The molecule has 0 spiro atoms. The van der Waals surface area contributed by atoms with E-state index in [9.17, 15) is 9.18 Å². The zero-order chi connectivity index (χ0) is 21.7. The summed E-state index contributed by atoms with van der Waals surface area (Å²) in [6, 6.07) is 14.5. The fourth-order valence-corrected chi connectivity index (χ4v) is 3.23. The molecule has 0 amide bonds. The Morgan fingerprint density at radius 2 is 1.83 bits per heavy atom. The van der Waals surface area contributed by atoms with E-state index < -0.39 is 5.97 Å². The first-order valence-electron chi connectivity index (χ1n) is 9.19. The van der Waals surface area contributed by atoms with Crippen molar-refractivity contribution in [2.24, 2.45) is 0 Å². The van der Waals surface area contributed by atoms with E-state index >= 15 is 0 Å². The summed E-state index contributed by atoms with van der Waals surface area (Å²) in [5.41, 5.74) is 3.57. The highest BCUT2D eigenvalue weighted by molar-refractivity contribution is 6.32. The van der Waals surface area contributed by atoms with Crippen LogP contribution in [0.2, 0.25) is 5.02 Å². The third-order valence-corrected chi connectivity index (χ3v) is 4.82. The molecule has 0 aliphatic carbocycles. The lowest BCUT2D eigenvalue weighted by Crippen LogP contribution is -2.04. The van der Waals surface area contributed by atoms with Crippen molar-refractivity contribution in [2.45, 2.75) is 20.1 Å². The molecule has 0 bridgehead atoms. The summed E-state index contributed by atoms with van der Waals surface area (Å²) >= 11 is 6.42. The normalized spacial score (nSPS) is 10.5. The summed E-state index contributed by atoms with van der Waals surface area (Å²) in [7, 11) is 1.53. The molecule has 0 fully saturated rings. The molecule has 0 aliphatic rings. The second kappa shape index (κ2) is 9.50. The Bertz CT molecular complexity index is 1050. The number of anilines is 1. The molecule has 0 saturated heterocycles. The van der Waals surface area contributed by atoms with E-state index in [0.29, 0.717) is 23.1 Å². The number of aryl methyl sites for hydroxylation is 1. The first kappa shape index (κ1) is 21.5. The van der Waals surface area contributed by atoms with Crippen molar-refractivity contribution in [3.8, 4) is 11.5 Å². The second-order valence-corrected chi connectivity index (χ2v) is 7.12. The third kappa shape index (κ3) is 5.21. The lowest BCUT2D eigenvalue weighted by atomic mass is 10.1. The summed E-state index contributed by atoms with van der Waals surface area (Å²) in [5.74, 6) is -0.370. The van der Waals surface area contributed by atoms with E-state index in [1.807, 2.05) is 13.0 Å². The van der Waals surface area contributed by atoms with E-state index in [4.69, 9.17) is 26.2 Å². The van der Waals surface area contributed by atoms with Crippen LogP contribution >= 0.6 is 11.6 Å². The molecule has 5 nitrogen and oxygen atoms in total. The summed E-state index contributed by atoms with van der Waals surface area (Å²) < 4.78 is 24.3. The third-order valence-electron chi connectivity index (χ3n) is 4.54. The second-order valence-electron chi connectivity index (χ2n) is 6.71. The predicted octanol–water partition coefficient (Wildman–Crippen LogP) is 5.69. The topological polar surface area (TPSA) is 67.8 Å². The van der Waals surface area contributed by atoms with Gasteiger partial charge < -0.3 is 19.9 Å². The van der Waals surface area contributed by atoms with E-state index in [2.05, 4.69) is 5.32 Å². The Morgan fingerprint density at radius 3 is 2.47 bits per heavy atom. The fourth-order valence-electron chi connectivity index (χ4n) is 2.94. The number of benzene rings is 3. The molecule has 0 heterocycles.